The van der Waals surface area contributed by atoms with Gasteiger partial charge in [0, 0.05) is 0 Å². The third kappa shape index (κ3) is 12.2. The molecule has 2 rings (SSSR count). The van der Waals surface area contributed by atoms with E-state index in [0.29, 0.717) is 11.1 Å². The zero-order valence-corrected chi connectivity index (χ0v) is 24.1. The molecule has 0 bridgehead atoms. The molecule has 0 radical (unpaired) electrons. The Balaban J connectivity index is 2.43. The Bertz CT molecular complexity index is 1280. The van der Waals surface area contributed by atoms with E-state index in [9.17, 15) is 39.0 Å². The van der Waals surface area contributed by atoms with Crippen LogP contribution in [0.1, 0.15) is 38.3 Å². The largest absolute Gasteiger partial charge is 0.481 e. The number of carbonyl (C=O) groups excluding carboxylic acids is 3. The van der Waals surface area contributed by atoms with E-state index in [4.69, 9.17) is 9.84 Å². The van der Waals surface area contributed by atoms with E-state index in [1.54, 1.807) is 81.4 Å². The second-order valence-electron chi connectivity index (χ2n) is 10.9. The highest BCUT2D eigenvalue weighted by atomic mass is 16.6. The van der Waals surface area contributed by atoms with E-state index in [0.717, 1.165) is 0 Å². The van der Waals surface area contributed by atoms with Crippen LogP contribution in [0, 0.1) is 11.8 Å². The van der Waals surface area contributed by atoms with Gasteiger partial charge >= 0.3 is 24.0 Å². The van der Waals surface area contributed by atoms with Crippen LogP contribution in [0.15, 0.2) is 60.7 Å². The first-order valence-corrected chi connectivity index (χ1v) is 13.5. The molecule has 0 fully saturated rings. The van der Waals surface area contributed by atoms with Crippen molar-refractivity contribution in [3.8, 4) is 0 Å². The van der Waals surface area contributed by atoms with Crippen molar-refractivity contribution >= 4 is 35.8 Å². The maximum Gasteiger partial charge on any atom is 0.408 e. The summed E-state index contributed by atoms with van der Waals surface area (Å²) in [5.74, 6) is -8.98. The lowest BCUT2D eigenvalue weighted by Gasteiger charge is -2.28. The monoisotopic (exact) mass is 599 g/mol. The minimum absolute atomic E-state index is 0.00420. The predicted octanol–water partition coefficient (Wildman–Crippen LogP) is 1.84. The standard InChI is InChI=1S/C30H37N3O10/c1-30(2,3)43-29(42)32-22(16-20(27(38)39)14-18-10-6-4-7-11-18)25(36)33-24(26(37)31-17-23(34)35)21(28(40)41)15-19-12-8-5-9-13-19/h4-13,20-22,24H,14-17H2,1-3H3,(H,31,37)(H,32,42)(H,33,36)(H,34,35)(H,38,39)(H,40,41)/t20?,21?,22-,24-/m0/s1. The van der Waals surface area contributed by atoms with E-state index in [1.165, 1.54) is 0 Å². The summed E-state index contributed by atoms with van der Waals surface area (Å²) in [6, 6.07) is 13.5. The summed E-state index contributed by atoms with van der Waals surface area (Å²) in [6.07, 6.45) is -1.68. The Kier molecular flexibility index (Phi) is 12.7. The van der Waals surface area contributed by atoms with Gasteiger partial charge in [-0.1, -0.05) is 60.7 Å². The van der Waals surface area contributed by atoms with Gasteiger partial charge in [0.2, 0.25) is 11.8 Å². The molecule has 0 saturated heterocycles. The highest BCUT2D eigenvalue weighted by Crippen LogP contribution is 2.18. The molecule has 13 nitrogen and oxygen atoms in total. The highest BCUT2D eigenvalue weighted by Gasteiger charge is 2.38. The molecule has 0 aliphatic rings. The van der Waals surface area contributed by atoms with Gasteiger partial charge in [0.1, 0.15) is 24.2 Å². The molecule has 3 amide bonds. The van der Waals surface area contributed by atoms with E-state index >= 15 is 0 Å². The van der Waals surface area contributed by atoms with Gasteiger partial charge < -0.3 is 36.0 Å². The average Bonchev–Trinajstić information content (AvgIpc) is 2.92. The minimum Gasteiger partial charge on any atom is -0.481 e. The second kappa shape index (κ2) is 15.9. The van der Waals surface area contributed by atoms with Crippen LogP contribution in [0.25, 0.3) is 0 Å². The van der Waals surface area contributed by atoms with Crippen molar-refractivity contribution in [2.24, 2.45) is 11.8 Å². The summed E-state index contributed by atoms with van der Waals surface area (Å²) in [7, 11) is 0. The van der Waals surface area contributed by atoms with Crippen molar-refractivity contribution in [2.45, 2.75) is 57.7 Å². The molecule has 0 saturated carbocycles. The van der Waals surface area contributed by atoms with E-state index in [-0.39, 0.29) is 12.8 Å². The number of alkyl carbamates (subject to hydrolysis) is 1. The van der Waals surface area contributed by atoms with Gasteiger partial charge in [0.25, 0.3) is 0 Å². The topological polar surface area (TPSA) is 208 Å². The van der Waals surface area contributed by atoms with Gasteiger partial charge in [-0.3, -0.25) is 24.0 Å². The smallest absolute Gasteiger partial charge is 0.408 e. The van der Waals surface area contributed by atoms with Crippen LogP contribution in [0.2, 0.25) is 0 Å². The van der Waals surface area contributed by atoms with Crippen LogP contribution in [0.5, 0.6) is 0 Å². The Labute approximate surface area is 248 Å². The molecule has 0 spiro atoms. The summed E-state index contributed by atoms with van der Waals surface area (Å²) < 4.78 is 5.24. The van der Waals surface area contributed by atoms with Crippen LogP contribution >= 0.6 is 0 Å². The third-order valence-electron chi connectivity index (χ3n) is 6.21. The van der Waals surface area contributed by atoms with Crippen molar-refractivity contribution in [2.75, 3.05) is 6.54 Å². The summed E-state index contributed by atoms with van der Waals surface area (Å²) in [4.78, 5) is 75.0. The molecule has 43 heavy (non-hydrogen) atoms. The molecule has 0 aromatic heterocycles. The SMILES string of the molecule is CC(C)(C)OC(=O)N[C@@H](CC(Cc1ccccc1)C(=O)O)C(=O)N[C@H](C(=O)NCC(=O)O)C(Cc1ccccc1)C(=O)O. The van der Waals surface area contributed by atoms with Gasteiger partial charge in [0.05, 0.1) is 11.8 Å². The zero-order chi connectivity index (χ0) is 32.2. The zero-order valence-electron chi connectivity index (χ0n) is 24.1. The Hall–Kier alpha value is -4.94. The highest BCUT2D eigenvalue weighted by molar-refractivity contribution is 5.95. The summed E-state index contributed by atoms with van der Waals surface area (Å²) >= 11 is 0. The summed E-state index contributed by atoms with van der Waals surface area (Å²) in [5.41, 5.74) is 0.216. The Morgan fingerprint density at radius 1 is 0.744 bits per heavy atom. The van der Waals surface area contributed by atoms with Crippen LogP contribution in [-0.2, 0) is 41.6 Å². The first-order chi connectivity index (χ1) is 20.2. The van der Waals surface area contributed by atoms with Crippen LogP contribution < -0.4 is 16.0 Å². The number of carboxylic acid groups (broad SMARTS) is 3. The molecule has 232 valence electrons. The number of hydrogen-bond acceptors (Lipinski definition) is 7. The van der Waals surface area contributed by atoms with Gasteiger partial charge in [-0.05, 0) is 51.2 Å². The maximum absolute atomic E-state index is 13.6. The number of amides is 3. The Morgan fingerprint density at radius 3 is 1.74 bits per heavy atom. The number of aliphatic carboxylic acids is 3. The van der Waals surface area contributed by atoms with Crippen LogP contribution in [0.3, 0.4) is 0 Å². The van der Waals surface area contributed by atoms with Gasteiger partial charge in [-0.2, -0.15) is 0 Å². The number of carboxylic acids is 3. The number of benzene rings is 2. The molecular weight excluding hydrogens is 562 g/mol. The normalized spacial score (nSPS) is 13.8. The van der Waals surface area contributed by atoms with Crippen molar-refractivity contribution < 1.29 is 48.8 Å². The van der Waals surface area contributed by atoms with Crippen LogP contribution in [-0.4, -0.2) is 75.4 Å². The molecule has 2 aromatic rings. The lowest BCUT2D eigenvalue weighted by Crippen LogP contribution is -2.58. The van der Waals surface area contributed by atoms with Gasteiger partial charge in [0.15, 0.2) is 0 Å². The van der Waals surface area contributed by atoms with Crippen molar-refractivity contribution in [3.05, 3.63) is 71.8 Å². The number of nitrogens with one attached hydrogen (secondary N) is 3. The lowest BCUT2D eigenvalue weighted by molar-refractivity contribution is -0.146. The number of ether oxygens (including phenoxy) is 1. The number of carbonyl (C=O) groups is 6. The first kappa shape index (κ1) is 34.3. The van der Waals surface area contributed by atoms with Crippen molar-refractivity contribution in [3.63, 3.8) is 0 Å². The molecular formula is C30H37N3O10. The van der Waals surface area contributed by atoms with Gasteiger partial charge in [-0.15, -0.1) is 0 Å². The molecule has 2 unspecified atom stereocenters. The average molecular weight is 600 g/mol. The fraction of sp³-hybridized carbons (Fsp3) is 0.400. The fourth-order valence-electron chi connectivity index (χ4n) is 4.23. The Morgan fingerprint density at radius 2 is 1.28 bits per heavy atom. The first-order valence-electron chi connectivity index (χ1n) is 13.5. The fourth-order valence-corrected chi connectivity index (χ4v) is 4.23. The lowest BCUT2D eigenvalue weighted by atomic mass is 9.90. The van der Waals surface area contributed by atoms with E-state index < -0.39 is 78.3 Å². The summed E-state index contributed by atoms with van der Waals surface area (Å²) in [5, 5.41) is 35.7. The minimum atomic E-state index is -1.79. The molecule has 4 atom stereocenters. The maximum atomic E-state index is 13.6. The molecule has 6 N–H and O–H groups in total. The molecule has 0 aliphatic carbocycles. The molecule has 13 heteroatoms. The quantitative estimate of drug-likeness (QED) is 0.175. The van der Waals surface area contributed by atoms with E-state index in [2.05, 4.69) is 16.0 Å². The van der Waals surface area contributed by atoms with Crippen molar-refractivity contribution in [1.82, 2.24) is 16.0 Å². The number of hydrogen-bond donors (Lipinski definition) is 6. The van der Waals surface area contributed by atoms with Gasteiger partial charge in [-0.25, -0.2) is 4.79 Å². The summed E-state index contributed by atoms with van der Waals surface area (Å²) in [6.45, 7) is 3.91. The molecule has 0 heterocycles. The van der Waals surface area contributed by atoms with E-state index in [1.807, 2.05) is 0 Å². The predicted molar refractivity (Wildman–Crippen MR) is 153 cm³/mol. The molecule has 0 aliphatic heterocycles. The van der Waals surface area contributed by atoms with Crippen molar-refractivity contribution in [1.29, 1.82) is 0 Å². The second-order valence-corrected chi connectivity index (χ2v) is 10.9. The van der Waals surface area contributed by atoms with Crippen LogP contribution in [0.4, 0.5) is 4.79 Å². The third-order valence-corrected chi connectivity index (χ3v) is 6.21. The molecule has 2 aromatic carbocycles. The number of rotatable bonds is 15.